The number of rotatable bonds is 5. The summed E-state index contributed by atoms with van der Waals surface area (Å²) in [6.45, 7) is 7.35. The lowest BCUT2D eigenvalue weighted by molar-refractivity contribution is 0.0838. The van der Waals surface area contributed by atoms with Crippen LogP contribution in [0.1, 0.15) is 36.7 Å². The third-order valence-corrected chi connectivity index (χ3v) is 5.06. The first-order chi connectivity index (χ1) is 12.5. The summed E-state index contributed by atoms with van der Waals surface area (Å²) in [6.07, 6.45) is 2.20. The van der Waals surface area contributed by atoms with E-state index in [0.717, 1.165) is 42.1 Å². The van der Waals surface area contributed by atoms with E-state index in [1.807, 2.05) is 62.8 Å². The van der Waals surface area contributed by atoms with Crippen LogP contribution in [0.3, 0.4) is 0 Å². The van der Waals surface area contributed by atoms with Crippen molar-refractivity contribution in [2.45, 2.75) is 52.3 Å². The van der Waals surface area contributed by atoms with Gasteiger partial charge in [0.15, 0.2) is 0 Å². The molecule has 1 aromatic heterocycles. The smallest absolute Gasteiger partial charge is 0.317 e. The number of hydrogen-bond donors (Lipinski definition) is 1. The lowest BCUT2D eigenvalue weighted by atomic mass is 10.1. The molecule has 0 unspecified atom stereocenters. The molecule has 1 aliphatic rings. The number of benzene rings is 1. The Kier molecular flexibility index (Phi) is 5.61. The van der Waals surface area contributed by atoms with Gasteiger partial charge in [-0.2, -0.15) is 5.10 Å². The molecule has 0 radical (unpaired) electrons. The van der Waals surface area contributed by atoms with Crippen LogP contribution in [0.5, 0.6) is 0 Å². The first-order valence-corrected chi connectivity index (χ1v) is 9.21. The van der Waals surface area contributed by atoms with Gasteiger partial charge in [-0.15, -0.1) is 0 Å². The van der Waals surface area contributed by atoms with Gasteiger partial charge in [0.1, 0.15) is 0 Å². The Hall–Kier alpha value is -2.34. The third-order valence-electron chi connectivity index (χ3n) is 5.06. The molecule has 0 spiro atoms. The molecule has 1 N–H and O–H groups in total. The topological polar surface area (TPSA) is 59.4 Å². The molecular weight excluding hydrogens is 328 g/mol. The molecule has 26 heavy (non-hydrogen) atoms. The molecule has 1 fully saturated rings. The van der Waals surface area contributed by atoms with Crippen molar-refractivity contribution >= 4 is 6.03 Å². The van der Waals surface area contributed by atoms with Gasteiger partial charge in [-0.3, -0.25) is 0 Å². The van der Waals surface area contributed by atoms with Crippen molar-refractivity contribution in [1.29, 1.82) is 0 Å². The number of amides is 2. The quantitative estimate of drug-likeness (QED) is 0.895. The Morgan fingerprint density at radius 3 is 2.77 bits per heavy atom. The van der Waals surface area contributed by atoms with Gasteiger partial charge in [-0.05, 0) is 45.7 Å². The van der Waals surface area contributed by atoms with Gasteiger partial charge in [0, 0.05) is 24.9 Å². The number of hydrogen-bond acceptors (Lipinski definition) is 3. The van der Waals surface area contributed by atoms with Gasteiger partial charge in [0.2, 0.25) is 0 Å². The molecule has 2 aromatic rings. The van der Waals surface area contributed by atoms with Crippen molar-refractivity contribution in [2.75, 3.05) is 13.7 Å². The number of aryl methyl sites for hydroxylation is 1. The average molecular weight is 356 g/mol. The predicted molar refractivity (Wildman–Crippen MR) is 101 cm³/mol. The highest BCUT2D eigenvalue weighted by Crippen LogP contribution is 2.20. The number of nitrogens with zero attached hydrogens (tertiary/aromatic N) is 3. The molecular formula is C20H28N4O2. The number of urea groups is 1. The van der Waals surface area contributed by atoms with Crippen molar-refractivity contribution in [3.8, 4) is 5.69 Å². The normalized spacial score (nSPS) is 17.9. The zero-order chi connectivity index (χ0) is 18.7. The maximum atomic E-state index is 12.5. The van der Waals surface area contributed by atoms with E-state index in [-0.39, 0.29) is 18.2 Å². The van der Waals surface area contributed by atoms with Gasteiger partial charge in [-0.1, -0.05) is 18.2 Å². The molecule has 6 nitrogen and oxygen atoms in total. The van der Waals surface area contributed by atoms with Gasteiger partial charge < -0.3 is 15.0 Å². The number of para-hydroxylation sites is 1. The highest BCUT2D eigenvalue weighted by molar-refractivity contribution is 5.74. The second-order valence-electron chi connectivity index (χ2n) is 7.04. The first-order valence-electron chi connectivity index (χ1n) is 9.21. The molecule has 0 saturated carbocycles. The van der Waals surface area contributed by atoms with Crippen LogP contribution in [-0.2, 0) is 11.3 Å². The highest BCUT2D eigenvalue weighted by Gasteiger charge is 2.25. The SMILES string of the molecule is Cc1nn(-c2ccccc2)c(C)c1CN(C)C(=O)N[C@H](C)[C@@H]1CCCO1. The largest absolute Gasteiger partial charge is 0.376 e. The first kappa shape index (κ1) is 18.5. The standard InChI is InChI=1S/C20H28N4O2/c1-14-18(16(3)24(22-14)17-9-6-5-7-10-17)13-23(4)20(25)21-15(2)19-11-8-12-26-19/h5-7,9-10,15,19H,8,11-13H2,1-4H3,(H,21,25)/t15-,19+/m1/s1. The molecule has 2 heterocycles. The van der Waals surface area contributed by atoms with Crippen LogP contribution in [0, 0.1) is 13.8 Å². The minimum atomic E-state index is -0.0840. The Morgan fingerprint density at radius 1 is 1.38 bits per heavy atom. The third kappa shape index (κ3) is 3.90. The molecule has 140 valence electrons. The van der Waals surface area contributed by atoms with Crippen LogP contribution < -0.4 is 5.32 Å². The molecule has 2 amide bonds. The summed E-state index contributed by atoms with van der Waals surface area (Å²) in [7, 11) is 1.82. The molecule has 0 bridgehead atoms. The van der Waals surface area contributed by atoms with Crippen molar-refractivity contribution < 1.29 is 9.53 Å². The van der Waals surface area contributed by atoms with E-state index in [4.69, 9.17) is 4.74 Å². The lowest BCUT2D eigenvalue weighted by Crippen LogP contribution is -2.46. The van der Waals surface area contributed by atoms with Crippen molar-refractivity contribution in [3.05, 3.63) is 47.3 Å². The van der Waals surface area contributed by atoms with Crippen LogP contribution >= 0.6 is 0 Å². The fraction of sp³-hybridized carbons (Fsp3) is 0.500. The van der Waals surface area contributed by atoms with E-state index in [9.17, 15) is 4.79 Å². The zero-order valence-electron chi connectivity index (χ0n) is 16.0. The lowest BCUT2D eigenvalue weighted by Gasteiger charge is -2.24. The van der Waals surface area contributed by atoms with Gasteiger partial charge in [0.05, 0.1) is 30.1 Å². The van der Waals surface area contributed by atoms with E-state index in [1.54, 1.807) is 4.90 Å². The summed E-state index contributed by atoms with van der Waals surface area (Å²) in [5, 5.41) is 7.71. The number of nitrogens with one attached hydrogen (secondary N) is 1. The monoisotopic (exact) mass is 356 g/mol. The number of carbonyl (C=O) groups is 1. The Bertz CT molecular complexity index is 751. The van der Waals surface area contributed by atoms with E-state index < -0.39 is 0 Å². The van der Waals surface area contributed by atoms with Crippen molar-refractivity contribution in [1.82, 2.24) is 20.0 Å². The van der Waals surface area contributed by atoms with Crippen molar-refractivity contribution in [3.63, 3.8) is 0 Å². The number of ether oxygens (including phenoxy) is 1. The maximum absolute atomic E-state index is 12.5. The Labute approximate surface area is 155 Å². The molecule has 1 saturated heterocycles. The van der Waals surface area contributed by atoms with E-state index in [2.05, 4.69) is 10.4 Å². The van der Waals surface area contributed by atoms with Crippen LogP contribution in [-0.4, -0.2) is 46.5 Å². The summed E-state index contributed by atoms with van der Waals surface area (Å²) in [5.74, 6) is 0. The number of aromatic nitrogens is 2. The molecule has 1 aromatic carbocycles. The Balaban J connectivity index is 1.68. The molecule has 1 aliphatic heterocycles. The summed E-state index contributed by atoms with van der Waals surface area (Å²) >= 11 is 0. The second-order valence-corrected chi connectivity index (χ2v) is 7.04. The Morgan fingerprint density at radius 2 is 2.12 bits per heavy atom. The van der Waals surface area contributed by atoms with E-state index in [1.165, 1.54) is 0 Å². The van der Waals surface area contributed by atoms with Crippen molar-refractivity contribution in [2.24, 2.45) is 0 Å². The van der Waals surface area contributed by atoms with E-state index >= 15 is 0 Å². The fourth-order valence-electron chi connectivity index (χ4n) is 3.43. The highest BCUT2D eigenvalue weighted by atomic mass is 16.5. The zero-order valence-corrected chi connectivity index (χ0v) is 16.0. The van der Waals surface area contributed by atoms with Crippen LogP contribution in [0.2, 0.25) is 0 Å². The molecule has 0 aliphatic carbocycles. The maximum Gasteiger partial charge on any atom is 0.317 e. The van der Waals surface area contributed by atoms with Crippen LogP contribution in [0.4, 0.5) is 4.79 Å². The second kappa shape index (κ2) is 7.91. The molecule has 6 heteroatoms. The van der Waals surface area contributed by atoms with Crippen LogP contribution in [0.15, 0.2) is 30.3 Å². The summed E-state index contributed by atoms with van der Waals surface area (Å²) in [5.41, 5.74) is 4.11. The van der Waals surface area contributed by atoms with Crippen LogP contribution in [0.25, 0.3) is 5.69 Å². The fourth-order valence-corrected chi connectivity index (χ4v) is 3.43. The van der Waals surface area contributed by atoms with E-state index in [0.29, 0.717) is 6.54 Å². The summed E-state index contributed by atoms with van der Waals surface area (Å²) < 4.78 is 7.59. The minimum Gasteiger partial charge on any atom is -0.376 e. The van der Waals surface area contributed by atoms with Gasteiger partial charge in [-0.25, -0.2) is 9.48 Å². The summed E-state index contributed by atoms with van der Waals surface area (Å²) in [4.78, 5) is 14.3. The molecule has 2 atom stereocenters. The van der Waals surface area contributed by atoms with Gasteiger partial charge in [0.25, 0.3) is 0 Å². The number of carbonyl (C=O) groups excluding carboxylic acids is 1. The predicted octanol–water partition coefficient (Wildman–Crippen LogP) is 3.20. The minimum absolute atomic E-state index is 0.0154. The average Bonchev–Trinajstić information content (AvgIpc) is 3.26. The van der Waals surface area contributed by atoms with Gasteiger partial charge >= 0.3 is 6.03 Å². The molecule has 3 rings (SSSR count). The summed E-state index contributed by atoms with van der Waals surface area (Å²) in [6, 6.07) is 9.98.